The third-order valence-corrected chi connectivity index (χ3v) is 5.55. The summed E-state index contributed by atoms with van der Waals surface area (Å²) < 4.78 is 11.4. The minimum Gasteiger partial charge on any atom is -0.494 e. The first-order chi connectivity index (χ1) is 15.8. The third kappa shape index (κ3) is 4.31. The number of nitrogens with zero attached hydrogens (tertiary/aromatic N) is 3. The topological polar surface area (TPSA) is 102 Å². The van der Waals surface area contributed by atoms with Crippen molar-refractivity contribution in [1.82, 2.24) is 4.90 Å². The molecule has 9 nitrogen and oxygen atoms in total. The molecule has 1 fully saturated rings. The number of carbonyl (C=O) groups is 2. The van der Waals surface area contributed by atoms with Crippen molar-refractivity contribution in [2.75, 3.05) is 24.6 Å². The first-order valence-corrected chi connectivity index (χ1v) is 10.8. The maximum atomic E-state index is 13.7. The summed E-state index contributed by atoms with van der Waals surface area (Å²) in [5, 5.41) is 11.1. The van der Waals surface area contributed by atoms with Gasteiger partial charge in [0.05, 0.1) is 35.0 Å². The van der Waals surface area contributed by atoms with Gasteiger partial charge in [0, 0.05) is 31.3 Å². The normalized spacial score (nSPS) is 21.1. The molecule has 2 aliphatic rings. The van der Waals surface area contributed by atoms with Crippen molar-refractivity contribution in [3.63, 3.8) is 0 Å². The first kappa shape index (κ1) is 22.5. The van der Waals surface area contributed by atoms with E-state index in [2.05, 4.69) is 0 Å². The van der Waals surface area contributed by atoms with E-state index >= 15 is 0 Å². The van der Waals surface area contributed by atoms with Gasteiger partial charge < -0.3 is 14.4 Å². The Hall–Kier alpha value is -3.72. The van der Waals surface area contributed by atoms with E-state index in [1.54, 1.807) is 24.3 Å². The second-order valence-corrected chi connectivity index (χ2v) is 8.07. The summed E-state index contributed by atoms with van der Waals surface area (Å²) in [4.78, 5) is 40.9. The number of anilines is 1. The second kappa shape index (κ2) is 9.03. The van der Waals surface area contributed by atoms with Gasteiger partial charge in [-0.05, 0) is 50.6 Å². The van der Waals surface area contributed by atoms with Gasteiger partial charge in [0.1, 0.15) is 11.4 Å². The van der Waals surface area contributed by atoms with Gasteiger partial charge >= 0.3 is 0 Å². The van der Waals surface area contributed by atoms with Gasteiger partial charge in [-0.25, -0.2) is 4.90 Å². The van der Waals surface area contributed by atoms with Crippen LogP contribution in [0, 0.1) is 10.1 Å². The smallest absolute Gasteiger partial charge is 0.282 e. The van der Waals surface area contributed by atoms with Gasteiger partial charge in [-0.1, -0.05) is 6.07 Å². The molecule has 4 rings (SSSR count). The highest BCUT2D eigenvalue weighted by atomic mass is 16.6. The van der Waals surface area contributed by atoms with E-state index in [1.807, 2.05) is 25.7 Å². The van der Waals surface area contributed by atoms with Crippen LogP contribution in [-0.4, -0.2) is 53.5 Å². The van der Waals surface area contributed by atoms with E-state index in [9.17, 15) is 19.7 Å². The van der Waals surface area contributed by atoms with Crippen molar-refractivity contribution in [2.45, 2.75) is 33.0 Å². The van der Waals surface area contributed by atoms with Crippen LogP contribution in [0.1, 0.15) is 26.3 Å². The Morgan fingerprint density at radius 2 is 1.73 bits per heavy atom. The molecule has 1 saturated heterocycles. The van der Waals surface area contributed by atoms with Crippen LogP contribution in [0.4, 0.5) is 11.4 Å². The summed E-state index contributed by atoms with van der Waals surface area (Å²) in [6, 6.07) is 12.5. The quantitative estimate of drug-likeness (QED) is 0.377. The Morgan fingerprint density at radius 3 is 2.33 bits per heavy atom. The number of ether oxygens (including phenoxy) is 2. The monoisotopic (exact) mass is 451 g/mol. The molecule has 2 unspecified atom stereocenters. The number of imide groups is 1. The number of amides is 2. The Bertz CT molecular complexity index is 1120. The van der Waals surface area contributed by atoms with E-state index in [0.717, 1.165) is 4.90 Å². The average Bonchev–Trinajstić information content (AvgIpc) is 3.03. The molecule has 0 aliphatic carbocycles. The highest BCUT2D eigenvalue weighted by molar-refractivity contribution is 6.45. The van der Waals surface area contributed by atoms with Crippen molar-refractivity contribution >= 4 is 28.8 Å². The Morgan fingerprint density at radius 1 is 1.06 bits per heavy atom. The van der Waals surface area contributed by atoms with E-state index in [4.69, 9.17) is 9.47 Å². The largest absolute Gasteiger partial charge is 0.494 e. The van der Waals surface area contributed by atoms with Crippen molar-refractivity contribution in [1.29, 1.82) is 0 Å². The molecule has 0 saturated carbocycles. The Kier molecular flexibility index (Phi) is 6.15. The van der Waals surface area contributed by atoms with Crippen LogP contribution in [0.3, 0.4) is 0 Å². The minimum atomic E-state index is -0.502. The predicted octanol–water partition coefficient (Wildman–Crippen LogP) is 3.39. The fraction of sp³-hybridized carbons (Fsp3) is 0.333. The van der Waals surface area contributed by atoms with E-state index in [-0.39, 0.29) is 29.2 Å². The zero-order chi connectivity index (χ0) is 23.7. The summed E-state index contributed by atoms with van der Waals surface area (Å²) in [6.45, 7) is 7.03. The molecule has 0 radical (unpaired) electrons. The fourth-order valence-electron chi connectivity index (χ4n) is 4.30. The summed E-state index contributed by atoms with van der Waals surface area (Å²) in [7, 11) is 0. The Labute approximate surface area is 191 Å². The number of nitro benzene ring substituents is 1. The molecule has 2 heterocycles. The molecule has 9 heteroatoms. The molecular weight excluding hydrogens is 426 g/mol. The number of benzene rings is 2. The number of hydrogen-bond acceptors (Lipinski definition) is 7. The minimum absolute atomic E-state index is 0.0902. The highest BCUT2D eigenvalue weighted by Gasteiger charge is 2.44. The molecular formula is C24H25N3O6. The van der Waals surface area contributed by atoms with Crippen molar-refractivity contribution < 1.29 is 24.0 Å². The number of rotatable bonds is 6. The molecule has 33 heavy (non-hydrogen) atoms. The van der Waals surface area contributed by atoms with E-state index < -0.39 is 16.7 Å². The van der Waals surface area contributed by atoms with Gasteiger partial charge in [0.2, 0.25) is 0 Å². The molecule has 2 aromatic carbocycles. The molecule has 2 amide bonds. The van der Waals surface area contributed by atoms with E-state index in [0.29, 0.717) is 36.7 Å². The molecule has 2 atom stereocenters. The zero-order valence-electron chi connectivity index (χ0n) is 18.7. The lowest BCUT2D eigenvalue weighted by atomic mass is 10.0. The van der Waals surface area contributed by atoms with Crippen LogP contribution in [0.15, 0.2) is 54.2 Å². The average molecular weight is 451 g/mol. The Balaban J connectivity index is 1.81. The SMILES string of the molecule is CCOc1cccc(N2C(=O)C(c3ccc([N+](=O)[O-])cc3)=C(N3CC(C)OC(C)C3)C2=O)c1. The maximum Gasteiger partial charge on any atom is 0.282 e. The van der Waals surface area contributed by atoms with Gasteiger partial charge in [-0.3, -0.25) is 19.7 Å². The summed E-state index contributed by atoms with van der Waals surface area (Å²) in [5.74, 6) is -0.373. The van der Waals surface area contributed by atoms with Crippen LogP contribution < -0.4 is 9.64 Å². The fourth-order valence-corrected chi connectivity index (χ4v) is 4.30. The molecule has 172 valence electrons. The number of carbonyl (C=O) groups excluding carboxylic acids is 2. The molecule has 0 spiro atoms. The van der Waals surface area contributed by atoms with Crippen LogP contribution >= 0.6 is 0 Å². The second-order valence-electron chi connectivity index (χ2n) is 8.07. The van der Waals surface area contributed by atoms with Gasteiger partial charge in [-0.2, -0.15) is 0 Å². The lowest BCUT2D eigenvalue weighted by molar-refractivity contribution is -0.384. The number of nitro groups is 1. The van der Waals surface area contributed by atoms with Crippen LogP contribution in [0.5, 0.6) is 5.75 Å². The highest BCUT2D eigenvalue weighted by Crippen LogP contribution is 2.37. The van der Waals surface area contributed by atoms with Gasteiger partial charge in [0.15, 0.2) is 0 Å². The number of non-ortho nitro benzene ring substituents is 1. The van der Waals surface area contributed by atoms with Gasteiger partial charge in [0.25, 0.3) is 17.5 Å². The summed E-state index contributed by atoms with van der Waals surface area (Å²) in [5.41, 5.74) is 1.26. The lowest BCUT2D eigenvalue weighted by Crippen LogP contribution is -2.47. The molecule has 2 aliphatic heterocycles. The molecule has 0 N–H and O–H groups in total. The first-order valence-electron chi connectivity index (χ1n) is 10.8. The van der Waals surface area contributed by atoms with Crippen molar-refractivity contribution in [3.05, 3.63) is 69.9 Å². The van der Waals surface area contributed by atoms with Crippen LogP contribution in [0.2, 0.25) is 0 Å². The molecule has 2 aromatic rings. The third-order valence-electron chi connectivity index (χ3n) is 5.55. The lowest BCUT2D eigenvalue weighted by Gasteiger charge is -2.37. The predicted molar refractivity (Wildman–Crippen MR) is 122 cm³/mol. The maximum absolute atomic E-state index is 13.7. The molecule has 0 bridgehead atoms. The van der Waals surface area contributed by atoms with E-state index in [1.165, 1.54) is 24.3 Å². The standard InChI is InChI=1S/C24H25N3O6/c1-4-32-20-7-5-6-19(12-20)26-23(28)21(17-8-10-18(11-9-17)27(30)31)22(24(26)29)25-13-15(2)33-16(3)14-25/h5-12,15-16H,4,13-14H2,1-3H3. The van der Waals surface area contributed by atoms with Gasteiger partial charge in [-0.15, -0.1) is 0 Å². The van der Waals surface area contributed by atoms with Crippen molar-refractivity contribution in [3.8, 4) is 5.75 Å². The number of morpholine rings is 1. The summed E-state index contributed by atoms with van der Waals surface area (Å²) in [6.07, 6.45) is -0.254. The van der Waals surface area contributed by atoms with Crippen molar-refractivity contribution in [2.24, 2.45) is 0 Å². The summed E-state index contributed by atoms with van der Waals surface area (Å²) >= 11 is 0. The van der Waals surface area contributed by atoms with Crippen LogP contribution in [0.25, 0.3) is 5.57 Å². The van der Waals surface area contributed by atoms with Crippen LogP contribution in [-0.2, 0) is 14.3 Å². The number of hydrogen-bond donors (Lipinski definition) is 0. The zero-order valence-corrected chi connectivity index (χ0v) is 18.7. The molecule has 0 aromatic heterocycles.